The van der Waals surface area contributed by atoms with Crippen LogP contribution >= 0.6 is 0 Å². The van der Waals surface area contributed by atoms with Crippen LogP contribution in [0.5, 0.6) is 0 Å². The molecule has 0 aliphatic rings. The molecule has 3 nitrogen and oxygen atoms in total. The van der Waals surface area contributed by atoms with Gasteiger partial charge in [0.15, 0.2) is 0 Å². The van der Waals surface area contributed by atoms with Gasteiger partial charge in [0.1, 0.15) is 11.2 Å². The van der Waals surface area contributed by atoms with Gasteiger partial charge in [-0.2, -0.15) is 0 Å². The van der Waals surface area contributed by atoms with Crippen LogP contribution in [-0.4, -0.2) is 4.57 Å². The lowest BCUT2D eigenvalue weighted by Gasteiger charge is -2.28. The van der Waals surface area contributed by atoms with Gasteiger partial charge in [-0.05, 0) is 118 Å². The van der Waals surface area contributed by atoms with Crippen molar-refractivity contribution in [2.45, 2.75) is 0 Å². The molecule has 296 valence electrons. The first kappa shape index (κ1) is 36.5. The first-order valence-electron chi connectivity index (χ1n) is 21.5. The lowest BCUT2D eigenvalue weighted by atomic mass is 9.98. The molecule has 0 bridgehead atoms. The fourth-order valence-electron chi connectivity index (χ4n) is 9.39. The van der Waals surface area contributed by atoms with Crippen LogP contribution in [-0.2, 0) is 0 Å². The summed E-state index contributed by atoms with van der Waals surface area (Å²) < 4.78 is 8.70. The molecule has 12 rings (SSSR count). The molecular weight excluding hydrogens is 765 g/mol. The predicted octanol–water partition coefficient (Wildman–Crippen LogP) is 16.8. The van der Waals surface area contributed by atoms with E-state index >= 15 is 0 Å². The van der Waals surface area contributed by atoms with Crippen molar-refractivity contribution in [3.05, 3.63) is 243 Å². The number of benzene rings is 10. The molecule has 0 amide bonds. The number of fused-ring (bicyclic) bond motifs is 6. The van der Waals surface area contributed by atoms with Gasteiger partial charge in [-0.3, -0.25) is 0 Å². The van der Waals surface area contributed by atoms with Crippen molar-refractivity contribution in [2.75, 3.05) is 4.90 Å². The highest BCUT2D eigenvalue weighted by Gasteiger charge is 2.19. The molecule has 0 unspecified atom stereocenters. The van der Waals surface area contributed by atoms with Crippen molar-refractivity contribution in [1.29, 1.82) is 0 Å². The quantitative estimate of drug-likeness (QED) is 0.153. The lowest BCUT2D eigenvalue weighted by molar-refractivity contribution is 0.669. The SMILES string of the molecule is c1ccc(-c2ccccc2N(c2ccc(-c3cccc(-c4cccc(-n5c6ccccc6c6ccccc65)c4)c3)cc2)c2cccc(-c3ccc4c(c3)oc3ccccc34)c2)cc1. The Kier molecular flexibility index (Phi) is 8.83. The standard InChI is InChI=1S/C60H40N2O/c1-2-15-42(16-3-1)51-23-4-8-27-56(51)61(49-21-13-20-46(38-49)47-33-36-55-54-26-7-11-30-59(54)63-60(55)40-47)48-34-31-41(32-35-48)43-17-12-18-44(37-43)45-19-14-22-50(39-45)62-57-28-9-5-24-52(57)53-25-6-10-29-58(53)62/h1-40H. The molecule has 0 atom stereocenters. The highest BCUT2D eigenvalue weighted by atomic mass is 16.3. The minimum Gasteiger partial charge on any atom is -0.456 e. The van der Waals surface area contributed by atoms with Gasteiger partial charge in [0, 0.05) is 44.2 Å². The Bertz CT molecular complexity index is 3580. The number of furan rings is 1. The first-order chi connectivity index (χ1) is 31.2. The van der Waals surface area contributed by atoms with E-state index in [1.54, 1.807) is 0 Å². The molecule has 0 aliphatic carbocycles. The zero-order chi connectivity index (χ0) is 41.7. The third-order valence-corrected chi connectivity index (χ3v) is 12.4. The van der Waals surface area contributed by atoms with E-state index in [1.807, 2.05) is 12.1 Å². The van der Waals surface area contributed by atoms with Gasteiger partial charge in [-0.1, -0.05) is 164 Å². The van der Waals surface area contributed by atoms with Crippen molar-refractivity contribution in [3.63, 3.8) is 0 Å². The Morgan fingerprint density at radius 3 is 1.62 bits per heavy atom. The fourth-order valence-corrected chi connectivity index (χ4v) is 9.39. The van der Waals surface area contributed by atoms with Crippen molar-refractivity contribution >= 4 is 60.8 Å². The second kappa shape index (κ2) is 15.3. The normalized spacial score (nSPS) is 11.5. The topological polar surface area (TPSA) is 21.3 Å². The van der Waals surface area contributed by atoms with Gasteiger partial charge in [0.2, 0.25) is 0 Å². The Balaban J connectivity index is 0.923. The maximum Gasteiger partial charge on any atom is 0.136 e. The monoisotopic (exact) mass is 804 g/mol. The van der Waals surface area contributed by atoms with E-state index in [1.165, 1.54) is 44.1 Å². The molecule has 0 fully saturated rings. The number of rotatable bonds is 8. The molecular formula is C60H40N2O. The van der Waals surface area contributed by atoms with Gasteiger partial charge in [-0.25, -0.2) is 0 Å². The summed E-state index contributed by atoms with van der Waals surface area (Å²) in [7, 11) is 0. The summed E-state index contributed by atoms with van der Waals surface area (Å²) in [6.07, 6.45) is 0. The molecule has 0 saturated carbocycles. The average molecular weight is 805 g/mol. The van der Waals surface area contributed by atoms with Crippen molar-refractivity contribution in [2.24, 2.45) is 0 Å². The molecule has 2 heterocycles. The third kappa shape index (κ3) is 6.46. The van der Waals surface area contributed by atoms with Gasteiger partial charge >= 0.3 is 0 Å². The third-order valence-electron chi connectivity index (χ3n) is 12.4. The predicted molar refractivity (Wildman–Crippen MR) is 264 cm³/mol. The van der Waals surface area contributed by atoms with Crippen LogP contribution in [0.15, 0.2) is 247 Å². The molecule has 0 saturated heterocycles. The zero-order valence-corrected chi connectivity index (χ0v) is 34.4. The fraction of sp³-hybridized carbons (Fsp3) is 0. The summed E-state index contributed by atoms with van der Waals surface area (Å²) >= 11 is 0. The summed E-state index contributed by atoms with van der Waals surface area (Å²) in [5.74, 6) is 0. The van der Waals surface area contributed by atoms with E-state index in [2.05, 4.69) is 240 Å². The molecule has 0 spiro atoms. The molecule has 0 radical (unpaired) electrons. The second-order valence-electron chi connectivity index (χ2n) is 16.1. The lowest BCUT2D eigenvalue weighted by Crippen LogP contribution is -2.11. The first-order valence-corrected chi connectivity index (χ1v) is 21.5. The summed E-state index contributed by atoms with van der Waals surface area (Å²) in [6.45, 7) is 0. The van der Waals surface area contributed by atoms with Crippen molar-refractivity contribution in [1.82, 2.24) is 4.57 Å². The summed E-state index contributed by atoms with van der Waals surface area (Å²) in [6, 6.07) is 87.1. The largest absolute Gasteiger partial charge is 0.456 e. The molecule has 2 aromatic heterocycles. The van der Waals surface area contributed by atoms with Gasteiger partial charge in [0.05, 0.1) is 16.7 Å². The van der Waals surface area contributed by atoms with E-state index in [0.717, 1.165) is 66.9 Å². The average Bonchev–Trinajstić information content (AvgIpc) is 3.90. The number of aromatic nitrogens is 1. The number of nitrogens with zero attached hydrogens (tertiary/aromatic N) is 2. The molecule has 0 N–H and O–H groups in total. The Morgan fingerprint density at radius 1 is 0.302 bits per heavy atom. The Morgan fingerprint density at radius 2 is 0.841 bits per heavy atom. The minimum absolute atomic E-state index is 0.890. The molecule has 0 aliphatic heterocycles. The van der Waals surface area contributed by atoms with Gasteiger partial charge < -0.3 is 13.9 Å². The number of hydrogen-bond acceptors (Lipinski definition) is 2. The smallest absolute Gasteiger partial charge is 0.136 e. The van der Waals surface area contributed by atoms with Gasteiger partial charge in [0.25, 0.3) is 0 Å². The second-order valence-corrected chi connectivity index (χ2v) is 16.1. The molecule has 10 aromatic carbocycles. The van der Waals surface area contributed by atoms with E-state index in [0.29, 0.717) is 0 Å². The maximum absolute atomic E-state index is 6.31. The number of hydrogen-bond donors (Lipinski definition) is 0. The van der Waals surface area contributed by atoms with E-state index < -0.39 is 0 Å². The Hall–Kier alpha value is -8.40. The van der Waals surface area contributed by atoms with Crippen LogP contribution < -0.4 is 4.90 Å². The highest BCUT2D eigenvalue weighted by molar-refractivity contribution is 6.09. The van der Waals surface area contributed by atoms with E-state index in [9.17, 15) is 0 Å². The number of para-hydroxylation sites is 4. The summed E-state index contributed by atoms with van der Waals surface area (Å²) in [5, 5.41) is 4.79. The van der Waals surface area contributed by atoms with Crippen LogP contribution in [0.25, 0.3) is 93.9 Å². The minimum atomic E-state index is 0.890. The van der Waals surface area contributed by atoms with Gasteiger partial charge in [-0.15, -0.1) is 0 Å². The van der Waals surface area contributed by atoms with Crippen molar-refractivity contribution < 1.29 is 4.42 Å². The molecule has 12 aromatic rings. The highest BCUT2D eigenvalue weighted by Crippen LogP contribution is 2.43. The van der Waals surface area contributed by atoms with Crippen LogP contribution in [0.4, 0.5) is 17.1 Å². The summed E-state index contributed by atoms with van der Waals surface area (Å²) in [5.41, 5.74) is 17.8. The summed E-state index contributed by atoms with van der Waals surface area (Å²) in [4.78, 5) is 2.38. The van der Waals surface area contributed by atoms with E-state index in [4.69, 9.17) is 4.42 Å². The van der Waals surface area contributed by atoms with Crippen LogP contribution in [0.3, 0.4) is 0 Å². The maximum atomic E-state index is 6.31. The van der Waals surface area contributed by atoms with Crippen LogP contribution in [0, 0.1) is 0 Å². The molecule has 3 heteroatoms. The van der Waals surface area contributed by atoms with Crippen molar-refractivity contribution in [3.8, 4) is 50.2 Å². The van der Waals surface area contributed by atoms with E-state index in [-0.39, 0.29) is 0 Å². The number of anilines is 3. The van der Waals surface area contributed by atoms with Crippen LogP contribution in [0.2, 0.25) is 0 Å². The zero-order valence-electron chi connectivity index (χ0n) is 34.4. The Labute approximate surface area is 366 Å². The molecule has 63 heavy (non-hydrogen) atoms. The van der Waals surface area contributed by atoms with Crippen LogP contribution in [0.1, 0.15) is 0 Å².